The number of carbonyl (C=O) groups is 1. The number of hydrogen-bond donors (Lipinski definition) is 2. The molecular formula is C18H30IN3O3. The fourth-order valence-electron chi connectivity index (χ4n) is 2.06. The molecule has 1 atom stereocenters. The SMILES string of the molecule is CCNC(=NCCCOC(C)c1ccccc1)NCCC(=O)OC.I. The average Bonchev–Trinajstić information content (AvgIpc) is 2.61. The molecule has 25 heavy (non-hydrogen) atoms. The lowest BCUT2D eigenvalue weighted by molar-refractivity contribution is -0.140. The van der Waals surface area contributed by atoms with Gasteiger partial charge in [0.25, 0.3) is 0 Å². The summed E-state index contributed by atoms with van der Waals surface area (Å²) in [5.74, 6) is 0.471. The molecule has 0 saturated carbocycles. The summed E-state index contributed by atoms with van der Waals surface area (Å²) in [4.78, 5) is 15.6. The highest BCUT2D eigenvalue weighted by Crippen LogP contribution is 2.15. The zero-order valence-corrected chi connectivity index (χ0v) is 17.6. The topological polar surface area (TPSA) is 72.0 Å². The molecule has 0 spiro atoms. The largest absolute Gasteiger partial charge is 0.469 e. The predicted octanol–water partition coefficient (Wildman–Crippen LogP) is 2.89. The van der Waals surface area contributed by atoms with Crippen molar-refractivity contribution < 1.29 is 14.3 Å². The van der Waals surface area contributed by atoms with Gasteiger partial charge in [-0.3, -0.25) is 9.79 Å². The number of hydrogen-bond acceptors (Lipinski definition) is 4. The summed E-state index contributed by atoms with van der Waals surface area (Å²) in [5.41, 5.74) is 1.18. The van der Waals surface area contributed by atoms with E-state index in [2.05, 4.69) is 39.4 Å². The number of methoxy groups -OCH3 is 1. The first-order chi connectivity index (χ1) is 11.7. The third-order valence-electron chi connectivity index (χ3n) is 3.40. The van der Waals surface area contributed by atoms with Crippen molar-refractivity contribution in [2.45, 2.75) is 32.8 Å². The lowest BCUT2D eigenvalue weighted by atomic mass is 10.1. The maximum absolute atomic E-state index is 11.1. The Morgan fingerprint density at radius 2 is 1.96 bits per heavy atom. The summed E-state index contributed by atoms with van der Waals surface area (Å²) in [6.07, 6.45) is 1.24. The lowest BCUT2D eigenvalue weighted by Crippen LogP contribution is -2.38. The van der Waals surface area contributed by atoms with E-state index in [9.17, 15) is 4.79 Å². The van der Waals surface area contributed by atoms with E-state index in [1.807, 2.05) is 25.1 Å². The van der Waals surface area contributed by atoms with E-state index in [1.165, 1.54) is 12.7 Å². The minimum atomic E-state index is -0.235. The Morgan fingerprint density at radius 3 is 2.60 bits per heavy atom. The van der Waals surface area contributed by atoms with Crippen LogP contribution >= 0.6 is 24.0 Å². The zero-order valence-electron chi connectivity index (χ0n) is 15.3. The van der Waals surface area contributed by atoms with E-state index in [-0.39, 0.29) is 36.0 Å². The zero-order chi connectivity index (χ0) is 17.6. The summed E-state index contributed by atoms with van der Waals surface area (Å²) in [6, 6.07) is 10.2. The predicted molar refractivity (Wildman–Crippen MR) is 111 cm³/mol. The molecule has 0 aliphatic carbocycles. The third kappa shape index (κ3) is 11.0. The Hall–Kier alpha value is -1.35. The number of guanidine groups is 1. The van der Waals surface area contributed by atoms with Gasteiger partial charge in [-0.2, -0.15) is 0 Å². The first kappa shape index (κ1) is 23.6. The van der Waals surface area contributed by atoms with E-state index in [1.54, 1.807) is 0 Å². The van der Waals surface area contributed by atoms with Crippen LogP contribution in [0.1, 0.15) is 38.4 Å². The average molecular weight is 463 g/mol. The summed E-state index contributed by atoms with van der Waals surface area (Å²) in [5, 5.41) is 6.25. The van der Waals surface area contributed by atoms with Crippen LogP contribution < -0.4 is 10.6 Å². The lowest BCUT2D eigenvalue weighted by Gasteiger charge is -2.13. The van der Waals surface area contributed by atoms with Gasteiger partial charge in [-0.25, -0.2) is 0 Å². The van der Waals surface area contributed by atoms with Gasteiger partial charge in [-0.05, 0) is 25.8 Å². The van der Waals surface area contributed by atoms with E-state index >= 15 is 0 Å². The van der Waals surface area contributed by atoms with Crippen LogP contribution in [-0.2, 0) is 14.3 Å². The van der Waals surface area contributed by atoms with Crippen LogP contribution in [0.3, 0.4) is 0 Å². The molecule has 1 aromatic carbocycles. The smallest absolute Gasteiger partial charge is 0.307 e. The van der Waals surface area contributed by atoms with Crippen molar-refractivity contribution >= 4 is 35.9 Å². The second-order valence-corrected chi connectivity index (χ2v) is 5.29. The van der Waals surface area contributed by atoms with Crippen molar-refractivity contribution in [3.8, 4) is 0 Å². The third-order valence-corrected chi connectivity index (χ3v) is 3.40. The van der Waals surface area contributed by atoms with Gasteiger partial charge in [0.15, 0.2) is 5.96 Å². The van der Waals surface area contributed by atoms with Gasteiger partial charge < -0.3 is 20.1 Å². The molecule has 0 amide bonds. The van der Waals surface area contributed by atoms with Crippen LogP contribution in [0.4, 0.5) is 0 Å². The van der Waals surface area contributed by atoms with E-state index < -0.39 is 0 Å². The number of benzene rings is 1. The Labute approximate surface area is 167 Å². The van der Waals surface area contributed by atoms with Crippen molar-refractivity contribution in [2.75, 3.05) is 33.4 Å². The van der Waals surface area contributed by atoms with Gasteiger partial charge in [0, 0.05) is 26.2 Å². The fourth-order valence-corrected chi connectivity index (χ4v) is 2.06. The molecule has 1 unspecified atom stereocenters. The molecule has 0 aliphatic heterocycles. The molecule has 7 heteroatoms. The van der Waals surface area contributed by atoms with Crippen molar-refractivity contribution in [1.29, 1.82) is 0 Å². The van der Waals surface area contributed by atoms with E-state index in [0.717, 1.165) is 13.0 Å². The number of nitrogens with one attached hydrogen (secondary N) is 2. The van der Waals surface area contributed by atoms with Crippen LogP contribution in [0.15, 0.2) is 35.3 Å². The number of halogens is 1. The first-order valence-corrected chi connectivity index (χ1v) is 8.43. The van der Waals surface area contributed by atoms with Crippen LogP contribution in [0, 0.1) is 0 Å². The first-order valence-electron chi connectivity index (χ1n) is 8.43. The Bertz CT molecular complexity index is 498. The van der Waals surface area contributed by atoms with Gasteiger partial charge in [0.2, 0.25) is 0 Å². The maximum Gasteiger partial charge on any atom is 0.307 e. The van der Waals surface area contributed by atoms with Gasteiger partial charge in [0.1, 0.15) is 0 Å². The molecule has 0 radical (unpaired) electrons. The Balaban J connectivity index is 0.00000576. The molecule has 6 nitrogen and oxygen atoms in total. The highest BCUT2D eigenvalue weighted by atomic mass is 127. The Morgan fingerprint density at radius 1 is 1.24 bits per heavy atom. The molecule has 0 fully saturated rings. The quantitative estimate of drug-likeness (QED) is 0.184. The summed E-state index contributed by atoms with van der Waals surface area (Å²) in [7, 11) is 1.39. The Kier molecular flexibility index (Phi) is 14.1. The van der Waals surface area contributed by atoms with Crippen molar-refractivity contribution in [3.63, 3.8) is 0 Å². The van der Waals surface area contributed by atoms with Crippen molar-refractivity contribution in [1.82, 2.24) is 10.6 Å². The summed E-state index contributed by atoms with van der Waals surface area (Å²) in [6.45, 7) is 6.64. The molecule has 142 valence electrons. The van der Waals surface area contributed by atoms with Gasteiger partial charge in [-0.1, -0.05) is 30.3 Å². The van der Waals surface area contributed by atoms with Crippen LogP contribution in [0.5, 0.6) is 0 Å². The second kappa shape index (κ2) is 14.9. The highest BCUT2D eigenvalue weighted by Gasteiger charge is 2.04. The number of rotatable bonds is 10. The second-order valence-electron chi connectivity index (χ2n) is 5.29. The molecule has 0 aliphatic rings. The molecule has 0 bridgehead atoms. The molecule has 1 rings (SSSR count). The maximum atomic E-state index is 11.1. The number of nitrogens with zero attached hydrogens (tertiary/aromatic N) is 1. The number of aliphatic imine (C=N–C) groups is 1. The van der Waals surface area contributed by atoms with E-state index in [4.69, 9.17) is 4.74 Å². The fraction of sp³-hybridized carbons (Fsp3) is 0.556. The normalized spacial score (nSPS) is 12.0. The van der Waals surface area contributed by atoms with Crippen LogP contribution in [-0.4, -0.2) is 45.3 Å². The van der Waals surface area contributed by atoms with Gasteiger partial charge in [0.05, 0.1) is 19.6 Å². The van der Waals surface area contributed by atoms with Crippen molar-refractivity contribution in [3.05, 3.63) is 35.9 Å². The number of esters is 1. The van der Waals surface area contributed by atoms with Gasteiger partial charge >= 0.3 is 5.97 Å². The molecule has 0 aromatic heterocycles. The number of ether oxygens (including phenoxy) is 2. The van der Waals surface area contributed by atoms with E-state index in [0.29, 0.717) is 32.1 Å². The monoisotopic (exact) mass is 463 g/mol. The molecule has 0 saturated heterocycles. The summed E-state index contributed by atoms with van der Waals surface area (Å²) >= 11 is 0. The van der Waals surface area contributed by atoms with Crippen molar-refractivity contribution in [2.24, 2.45) is 4.99 Å². The minimum Gasteiger partial charge on any atom is -0.469 e. The molecule has 1 aromatic rings. The van der Waals surface area contributed by atoms with Crippen LogP contribution in [0.2, 0.25) is 0 Å². The van der Waals surface area contributed by atoms with Crippen LogP contribution in [0.25, 0.3) is 0 Å². The highest BCUT2D eigenvalue weighted by molar-refractivity contribution is 14.0. The molecule has 0 heterocycles. The van der Waals surface area contributed by atoms with Gasteiger partial charge in [-0.15, -0.1) is 24.0 Å². The molecular weight excluding hydrogens is 433 g/mol. The molecule has 2 N–H and O–H groups in total. The minimum absolute atomic E-state index is 0. The number of carbonyl (C=O) groups excluding carboxylic acids is 1. The standard InChI is InChI=1S/C18H29N3O3.HI/c1-4-19-18(21-13-11-17(22)23-3)20-12-8-14-24-15(2)16-9-6-5-7-10-16;/h5-7,9-10,15H,4,8,11-14H2,1-3H3,(H2,19,20,21);1H. The summed E-state index contributed by atoms with van der Waals surface area (Å²) < 4.78 is 10.4.